The van der Waals surface area contributed by atoms with Gasteiger partial charge in [-0.3, -0.25) is 9.59 Å². The molecule has 162 valence electrons. The smallest absolute Gasteiger partial charge is 0.240 e. The van der Waals surface area contributed by atoms with E-state index in [1.807, 2.05) is 18.2 Å². The maximum atomic E-state index is 12.2. The minimum atomic E-state index is -0.576. The van der Waals surface area contributed by atoms with E-state index in [0.29, 0.717) is 38.0 Å². The Hall–Kier alpha value is -3.07. The van der Waals surface area contributed by atoms with E-state index in [1.165, 1.54) is 6.21 Å². The number of benzene rings is 2. The number of nitrogens with one attached hydrogen (secondary N) is 2. The summed E-state index contributed by atoms with van der Waals surface area (Å²) in [5.74, 6) is 0.451. The van der Waals surface area contributed by atoms with Crippen LogP contribution in [0.1, 0.15) is 12.2 Å². The van der Waals surface area contributed by atoms with E-state index in [4.69, 9.17) is 27.6 Å². The Kier molecular flexibility index (Phi) is 6.94. The first-order valence-electron chi connectivity index (χ1n) is 9.46. The molecule has 0 aliphatic carbocycles. The Morgan fingerprint density at radius 3 is 2.78 bits per heavy atom. The zero-order valence-electron chi connectivity index (χ0n) is 16.4. The molecule has 1 aliphatic rings. The lowest BCUT2D eigenvalue weighted by Gasteiger charge is -2.06. The molecule has 1 atom stereocenters. The predicted molar refractivity (Wildman–Crippen MR) is 128 cm³/mol. The van der Waals surface area contributed by atoms with Gasteiger partial charge in [0.05, 0.1) is 11.2 Å². The maximum Gasteiger partial charge on any atom is 0.240 e. The van der Waals surface area contributed by atoms with Crippen LogP contribution in [0.4, 0.5) is 5.69 Å². The third-order valence-electron chi connectivity index (χ3n) is 4.36. The van der Waals surface area contributed by atoms with Gasteiger partial charge >= 0.3 is 0 Å². The Bertz CT molecular complexity index is 1210. The number of nitrogens with zero attached hydrogens (tertiary/aromatic N) is 2. The Morgan fingerprint density at radius 2 is 1.97 bits per heavy atom. The van der Waals surface area contributed by atoms with Crippen LogP contribution in [0, 0.1) is 0 Å². The van der Waals surface area contributed by atoms with Crippen LogP contribution in [0.2, 0.25) is 10.0 Å². The van der Waals surface area contributed by atoms with E-state index in [2.05, 4.69) is 20.8 Å². The maximum absolute atomic E-state index is 12.2. The molecule has 4 rings (SSSR count). The standard InChI is InChI=1S/C22H16Cl2N4O3S/c23-13-6-8-17(24)16(10-13)18-9-7-15(31-18)12-25-28-22-27-21(30)19(32-22)11-20(29)26-14-4-2-1-3-5-14/h1-10,12,19H,11H2,(H,26,29)(H,27,28,30)/b25-12+. The van der Waals surface area contributed by atoms with E-state index >= 15 is 0 Å². The van der Waals surface area contributed by atoms with Crippen LogP contribution < -0.4 is 10.6 Å². The van der Waals surface area contributed by atoms with E-state index < -0.39 is 5.25 Å². The molecule has 2 aromatic carbocycles. The van der Waals surface area contributed by atoms with Crippen molar-refractivity contribution < 1.29 is 14.0 Å². The minimum Gasteiger partial charge on any atom is -0.455 e. The Balaban J connectivity index is 1.35. The third-order valence-corrected chi connectivity index (χ3v) is 6.00. The zero-order chi connectivity index (χ0) is 22.5. The van der Waals surface area contributed by atoms with Gasteiger partial charge in [0.1, 0.15) is 16.8 Å². The number of thioether (sulfide) groups is 1. The minimum absolute atomic E-state index is 0.0239. The van der Waals surface area contributed by atoms with Gasteiger partial charge in [0.2, 0.25) is 11.8 Å². The summed E-state index contributed by atoms with van der Waals surface area (Å²) in [4.78, 5) is 24.3. The summed E-state index contributed by atoms with van der Waals surface area (Å²) in [5, 5.41) is 14.1. The van der Waals surface area contributed by atoms with Crippen molar-refractivity contribution >= 4 is 63.8 Å². The molecule has 1 aliphatic heterocycles. The van der Waals surface area contributed by atoms with Gasteiger partial charge in [-0.2, -0.15) is 5.10 Å². The number of carbonyl (C=O) groups excluding carboxylic acids is 2. The van der Waals surface area contributed by atoms with Gasteiger partial charge in [-0.1, -0.05) is 53.2 Å². The Labute approximate surface area is 197 Å². The topological polar surface area (TPSA) is 96.1 Å². The summed E-state index contributed by atoms with van der Waals surface area (Å²) in [6, 6.07) is 17.6. The molecule has 7 nitrogen and oxygen atoms in total. The molecule has 32 heavy (non-hydrogen) atoms. The van der Waals surface area contributed by atoms with Crippen LogP contribution in [0.3, 0.4) is 0 Å². The number of anilines is 1. The molecule has 0 bridgehead atoms. The normalized spacial score (nSPS) is 17.1. The number of amidine groups is 1. The van der Waals surface area contributed by atoms with Crippen LogP contribution in [-0.4, -0.2) is 28.4 Å². The molecule has 1 aromatic heterocycles. The molecule has 2 N–H and O–H groups in total. The lowest BCUT2D eigenvalue weighted by Crippen LogP contribution is -2.28. The van der Waals surface area contributed by atoms with Gasteiger partial charge in [-0.05, 0) is 42.5 Å². The number of hydrogen-bond donors (Lipinski definition) is 2. The van der Waals surface area contributed by atoms with Gasteiger partial charge in [0.15, 0.2) is 5.17 Å². The number of amides is 2. The van der Waals surface area contributed by atoms with Crippen LogP contribution >= 0.6 is 35.0 Å². The highest BCUT2D eigenvalue weighted by molar-refractivity contribution is 8.15. The average molecular weight is 487 g/mol. The van der Waals surface area contributed by atoms with Crippen molar-refractivity contribution in [2.24, 2.45) is 10.2 Å². The predicted octanol–water partition coefficient (Wildman–Crippen LogP) is 5.20. The first-order valence-corrected chi connectivity index (χ1v) is 11.1. The fraction of sp³-hybridized carbons (Fsp3) is 0.0909. The molecular weight excluding hydrogens is 471 g/mol. The van der Waals surface area contributed by atoms with Gasteiger partial charge in [-0.15, -0.1) is 5.10 Å². The fourth-order valence-electron chi connectivity index (χ4n) is 2.88. The quantitative estimate of drug-likeness (QED) is 0.369. The molecule has 2 amide bonds. The molecule has 0 radical (unpaired) electrons. The summed E-state index contributed by atoms with van der Waals surface area (Å²) in [6.07, 6.45) is 1.44. The Morgan fingerprint density at radius 1 is 1.16 bits per heavy atom. The van der Waals surface area contributed by atoms with Crippen LogP contribution in [0.15, 0.2) is 75.3 Å². The monoisotopic (exact) mass is 486 g/mol. The molecule has 2 heterocycles. The van der Waals surface area contributed by atoms with Crippen molar-refractivity contribution in [1.82, 2.24) is 5.32 Å². The molecular formula is C22H16Cl2N4O3S. The van der Waals surface area contributed by atoms with E-state index in [0.717, 1.165) is 11.8 Å². The summed E-state index contributed by atoms with van der Waals surface area (Å²) in [6.45, 7) is 0. The van der Waals surface area contributed by atoms with E-state index in [9.17, 15) is 9.59 Å². The second kappa shape index (κ2) is 10.0. The molecule has 1 saturated heterocycles. The number of para-hydroxylation sites is 1. The number of furan rings is 1. The van der Waals surface area contributed by atoms with Gasteiger partial charge in [-0.25, -0.2) is 0 Å². The number of hydrogen-bond acceptors (Lipinski definition) is 6. The van der Waals surface area contributed by atoms with Gasteiger partial charge < -0.3 is 15.1 Å². The van der Waals surface area contributed by atoms with Crippen LogP contribution in [-0.2, 0) is 9.59 Å². The second-order valence-corrected chi connectivity index (χ2v) is 8.73. The lowest BCUT2D eigenvalue weighted by atomic mass is 10.2. The highest BCUT2D eigenvalue weighted by atomic mass is 35.5. The first kappa shape index (κ1) is 22.1. The third kappa shape index (κ3) is 5.59. The lowest BCUT2D eigenvalue weighted by molar-refractivity contribution is -0.122. The van der Waals surface area contributed by atoms with Gasteiger partial charge in [0.25, 0.3) is 0 Å². The summed E-state index contributed by atoms with van der Waals surface area (Å²) in [5.41, 5.74) is 1.34. The summed E-state index contributed by atoms with van der Waals surface area (Å²) < 4.78 is 5.71. The van der Waals surface area contributed by atoms with Crippen LogP contribution in [0.25, 0.3) is 11.3 Å². The SMILES string of the molecule is O=C(CC1S/C(=N/N=C/c2ccc(-c3cc(Cl)ccc3Cl)o2)NC1=O)Nc1ccccc1. The summed E-state index contributed by atoms with van der Waals surface area (Å²) in [7, 11) is 0. The average Bonchev–Trinajstić information content (AvgIpc) is 3.37. The van der Waals surface area contributed by atoms with Crippen molar-refractivity contribution in [1.29, 1.82) is 0 Å². The van der Waals surface area contributed by atoms with Crippen molar-refractivity contribution in [3.63, 3.8) is 0 Å². The molecule has 1 unspecified atom stereocenters. The number of halogens is 2. The highest BCUT2D eigenvalue weighted by Gasteiger charge is 2.32. The summed E-state index contributed by atoms with van der Waals surface area (Å²) >= 11 is 13.4. The van der Waals surface area contributed by atoms with Crippen molar-refractivity contribution in [3.8, 4) is 11.3 Å². The van der Waals surface area contributed by atoms with Crippen molar-refractivity contribution in [2.45, 2.75) is 11.7 Å². The molecule has 10 heteroatoms. The van der Waals surface area contributed by atoms with Crippen molar-refractivity contribution in [2.75, 3.05) is 5.32 Å². The fourth-order valence-corrected chi connectivity index (χ4v) is 4.19. The van der Waals surface area contributed by atoms with E-state index in [-0.39, 0.29) is 18.2 Å². The van der Waals surface area contributed by atoms with Crippen LogP contribution in [0.5, 0.6) is 0 Å². The molecule has 0 saturated carbocycles. The highest BCUT2D eigenvalue weighted by Crippen LogP contribution is 2.31. The van der Waals surface area contributed by atoms with E-state index in [1.54, 1.807) is 42.5 Å². The number of rotatable bonds is 6. The molecule has 1 fully saturated rings. The zero-order valence-corrected chi connectivity index (χ0v) is 18.7. The first-order chi connectivity index (χ1) is 15.5. The molecule has 3 aromatic rings. The van der Waals surface area contributed by atoms with Crippen molar-refractivity contribution in [3.05, 3.63) is 76.5 Å². The largest absolute Gasteiger partial charge is 0.455 e. The van der Waals surface area contributed by atoms with Gasteiger partial charge in [0, 0.05) is 22.7 Å². The molecule has 0 spiro atoms. The number of carbonyl (C=O) groups is 2. The second-order valence-electron chi connectivity index (χ2n) is 6.69.